The Morgan fingerprint density at radius 1 is 1.13 bits per heavy atom. The van der Waals surface area contributed by atoms with Gasteiger partial charge in [-0.3, -0.25) is 0 Å². The van der Waals surface area contributed by atoms with Crippen LogP contribution in [0.4, 0.5) is 19.0 Å². The number of nitrogens with one attached hydrogen (secondary N) is 1. The number of rotatable bonds is 6. The first-order chi connectivity index (χ1) is 18.0. The zero-order valence-electron chi connectivity index (χ0n) is 20.1. The highest BCUT2D eigenvalue weighted by Crippen LogP contribution is 2.32. The molecule has 38 heavy (non-hydrogen) atoms. The number of alkyl halides is 3. The van der Waals surface area contributed by atoms with Crippen molar-refractivity contribution in [2.45, 2.75) is 23.9 Å². The van der Waals surface area contributed by atoms with Gasteiger partial charge in [0.05, 0.1) is 16.2 Å². The average molecular weight is 541 g/mol. The Morgan fingerprint density at radius 3 is 2.58 bits per heavy atom. The lowest BCUT2D eigenvalue weighted by Crippen LogP contribution is -2.41. The minimum Gasteiger partial charge on any atom is -0.507 e. The molecule has 1 unspecified atom stereocenters. The van der Waals surface area contributed by atoms with Gasteiger partial charge in [0.1, 0.15) is 19.4 Å². The van der Waals surface area contributed by atoms with Gasteiger partial charge in [0.25, 0.3) is 0 Å². The van der Waals surface area contributed by atoms with Gasteiger partial charge >= 0.3 is 6.18 Å². The minimum absolute atomic E-state index is 0.0600. The number of nitrogens with zero attached hydrogens (tertiary/aromatic N) is 4. The van der Waals surface area contributed by atoms with Crippen molar-refractivity contribution in [3.05, 3.63) is 66.4 Å². The molecule has 1 fully saturated rings. The molecule has 5 rings (SSSR count). The minimum atomic E-state index is -4.54. The number of phenols is 1. The lowest BCUT2D eigenvalue weighted by atomic mass is 9.99. The van der Waals surface area contributed by atoms with E-state index < -0.39 is 21.8 Å². The van der Waals surface area contributed by atoms with Gasteiger partial charge in [0.2, 0.25) is 10.0 Å². The summed E-state index contributed by atoms with van der Waals surface area (Å²) in [4.78, 5) is 4.37. The molecule has 1 aliphatic rings. The number of halogens is 3. The maximum Gasteiger partial charge on any atom is 0.416 e. The number of anilines is 1. The normalized spacial score (nSPS) is 17.1. The zero-order chi connectivity index (χ0) is 27.1. The van der Waals surface area contributed by atoms with E-state index in [0.29, 0.717) is 41.2 Å². The van der Waals surface area contributed by atoms with Crippen molar-refractivity contribution in [3.63, 3.8) is 0 Å². The summed E-state index contributed by atoms with van der Waals surface area (Å²) >= 11 is 0. The molecule has 13 heteroatoms. The third-order valence-electron chi connectivity index (χ3n) is 6.55. The molecule has 8 nitrogen and oxygen atoms in total. The number of benzene rings is 2. The number of hydrogen-bond acceptors (Lipinski definition) is 6. The van der Waals surface area contributed by atoms with Crippen LogP contribution in [-0.4, -0.2) is 59.9 Å². The summed E-state index contributed by atoms with van der Waals surface area (Å²) in [5, 5.41) is 17.9. The lowest BCUT2D eigenvalue weighted by Gasteiger charge is -2.32. The van der Waals surface area contributed by atoms with Gasteiger partial charge in [-0.15, -0.1) is 0 Å². The smallest absolute Gasteiger partial charge is 0.416 e. The van der Waals surface area contributed by atoms with Crippen molar-refractivity contribution in [3.8, 4) is 17.0 Å². The Bertz CT molecular complexity index is 1580. The highest BCUT2D eigenvalue weighted by atomic mass is 32.2. The molecule has 0 bridgehead atoms. The monoisotopic (exact) mass is 541 g/mol. The van der Waals surface area contributed by atoms with Crippen LogP contribution in [0.15, 0.2) is 65.7 Å². The number of piperidine rings is 1. The van der Waals surface area contributed by atoms with E-state index in [-0.39, 0.29) is 29.7 Å². The second kappa shape index (κ2) is 9.95. The Hall–Kier alpha value is -3.58. The topological polar surface area (TPSA) is 99.8 Å². The van der Waals surface area contributed by atoms with Crippen LogP contribution in [-0.2, 0) is 16.2 Å². The Balaban J connectivity index is 1.35. The summed E-state index contributed by atoms with van der Waals surface area (Å²) in [5.74, 6) is 0.551. The van der Waals surface area contributed by atoms with E-state index in [0.717, 1.165) is 30.7 Å². The van der Waals surface area contributed by atoms with Gasteiger partial charge in [-0.2, -0.15) is 27.1 Å². The Kier molecular flexibility index (Phi) is 6.82. The number of aromatic hydroxyl groups is 1. The predicted molar refractivity (Wildman–Crippen MR) is 137 cm³/mol. The third kappa shape index (κ3) is 5.08. The van der Waals surface area contributed by atoms with Crippen LogP contribution in [0.1, 0.15) is 18.4 Å². The zero-order valence-corrected chi connectivity index (χ0v) is 20.9. The van der Waals surface area contributed by atoms with Crippen LogP contribution in [0.2, 0.25) is 0 Å². The van der Waals surface area contributed by atoms with Gasteiger partial charge in [-0.1, -0.05) is 12.1 Å². The fourth-order valence-corrected chi connectivity index (χ4v) is 6.11. The SMILES string of the molecule is [B]c1cnn2c(NCC3CCCN(S(=O)(=O)c4ccc(C(F)(F)F)cc4)C3)cc(-c3ccccc3O)nc12. The summed E-state index contributed by atoms with van der Waals surface area (Å²) < 4.78 is 67.8. The summed E-state index contributed by atoms with van der Waals surface area (Å²) in [6, 6.07) is 12.1. The maximum atomic E-state index is 13.1. The number of sulfonamides is 1. The Labute approximate surface area is 218 Å². The van der Waals surface area contributed by atoms with Crippen LogP contribution >= 0.6 is 0 Å². The van der Waals surface area contributed by atoms with Gasteiger partial charge in [0.15, 0.2) is 5.65 Å². The molecule has 0 amide bonds. The van der Waals surface area contributed by atoms with Crippen LogP contribution in [0.3, 0.4) is 0 Å². The van der Waals surface area contributed by atoms with E-state index in [4.69, 9.17) is 7.85 Å². The molecule has 4 aromatic rings. The molecule has 1 atom stereocenters. The van der Waals surface area contributed by atoms with E-state index in [1.165, 1.54) is 10.5 Å². The van der Waals surface area contributed by atoms with E-state index in [2.05, 4.69) is 15.4 Å². The fourth-order valence-electron chi connectivity index (χ4n) is 4.56. The molecular weight excluding hydrogens is 518 g/mol. The standard InChI is InChI=1S/C25H23BF3N5O3S/c26-20-14-31-34-23(12-21(32-24(20)34)19-5-1-2-6-22(19)35)30-13-16-4-3-11-33(15-16)38(36,37)18-9-7-17(8-10-18)25(27,28)29/h1-2,5-10,12,14,16,30,35H,3-4,11,13,15H2. The van der Waals surface area contributed by atoms with Crippen molar-refractivity contribution in [1.29, 1.82) is 0 Å². The maximum absolute atomic E-state index is 13.1. The molecule has 2 aromatic heterocycles. The second-order valence-corrected chi connectivity index (χ2v) is 11.1. The first kappa shape index (κ1) is 26.0. The highest BCUT2D eigenvalue weighted by molar-refractivity contribution is 7.89. The van der Waals surface area contributed by atoms with Gasteiger partial charge < -0.3 is 10.4 Å². The molecule has 1 aliphatic heterocycles. The molecule has 2 aromatic carbocycles. The number of phenolic OH excluding ortho intramolecular Hbond substituents is 1. The highest BCUT2D eigenvalue weighted by Gasteiger charge is 2.33. The van der Waals surface area contributed by atoms with Crippen molar-refractivity contribution >= 4 is 34.8 Å². The second-order valence-electron chi connectivity index (χ2n) is 9.15. The Morgan fingerprint density at radius 2 is 1.87 bits per heavy atom. The molecular formula is C25H23BF3N5O3S. The number of aromatic nitrogens is 3. The van der Waals surface area contributed by atoms with E-state index >= 15 is 0 Å². The van der Waals surface area contributed by atoms with Gasteiger partial charge in [-0.25, -0.2) is 13.4 Å². The van der Waals surface area contributed by atoms with Crippen LogP contribution in [0.5, 0.6) is 5.75 Å². The van der Waals surface area contributed by atoms with E-state index in [9.17, 15) is 26.7 Å². The van der Waals surface area contributed by atoms with Crippen LogP contribution < -0.4 is 10.8 Å². The molecule has 2 N–H and O–H groups in total. The van der Waals surface area contributed by atoms with Crippen molar-refractivity contribution in [2.75, 3.05) is 25.0 Å². The fraction of sp³-hybridized carbons (Fsp3) is 0.280. The summed E-state index contributed by atoms with van der Waals surface area (Å²) in [7, 11) is 2.10. The summed E-state index contributed by atoms with van der Waals surface area (Å²) in [6.07, 6.45) is -1.70. The van der Waals surface area contributed by atoms with Crippen LogP contribution in [0.25, 0.3) is 16.9 Å². The van der Waals surface area contributed by atoms with Gasteiger partial charge in [0, 0.05) is 37.5 Å². The lowest BCUT2D eigenvalue weighted by molar-refractivity contribution is -0.137. The summed E-state index contributed by atoms with van der Waals surface area (Å²) in [5.41, 5.74) is 0.870. The largest absolute Gasteiger partial charge is 0.507 e. The van der Waals surface area contributed by atoms with E-state index in [1.54, 1.807) is 34.8 Å². The molecule has 196 valence electrons. The van der Waals surface area contributed by atoms with Gasteiger partial charge in [-0.05, 0) is 60.6 Å². The molecule has 3 heterocycles. The third-order valence-corrected chi connectivity index (χ3v) is 8.43. The molecule has 1 saturated heterocycles. The molecule has 0 saturated carbocycles. The molecule has 0 spiro atoms. The first-order valence-corrected chi connectivity index (χ1v) is 13.3. The number of fused-ring (bicyclic) bond motifs is 1. The van der Waals surface area contributed by atoms with Crippen LogP contribution in [0, 0.1) is 5.92 Å². The van der Waals surface area contributed by atoms with Crippen molar-refractivity contribution < 1.29 is 26.7 Å². The van der Waals surface area contributed by atoms with Crippen molar-refractivity contribution in [2.24, 2.45) is 5.92 Å². The van der Waals surface area contributed by atoms with E-state index in [1.807, 2.05) is 0 Å². The summed E-state index contributed by atoms with van der Waals surface area (Å²) in [6.45, 7) is 0.892. The quantitative estimate of drug-likeness (QED) is 0.363. The first-order valence-electron chi connectivity index (χ1n) is 11.9. The number of para-hydroxylation sites is 1. The number of hydrogen-bond donors (Lipinski definition) is 2. The predicted octanol–water partition coefficient (Wildman–Crippen LogP) is 3.43. The molecule has 0 aliphatic carbocycles. The average Bonchev–Trinajstić information content (AvgIpc) is 3.28. The van der Waals surface area contributed by atoms with Crippen molar-refractivity contribution in [1.82, 2.24) is 18.9 Å². The molecule has 2 radical (unpaired) electrons.